The van der Waals surface area contributed by atoms with Crippen LogP contribution in [0.1, 0.15) is 18.4 Å². The van der Waals surface area contributed by atoms with Crippen LogP contribution in [0.4, 0.5) is 0 Å². The van der Waals surface area contributed by atoms with Crippen molar-refractivity contribution >= 4 is 11.9 Å². The van der Waals surface area contributed by atoms with Crippen molar-refractivity contribution in [2.24, 2.45) is 10.9 Å². The first kappa shape index (κ1) is 19.2. The largest absolute Gasteiger partial charge is 0.381 e. The molecule has 1 fully saturated rings. The lowest BCUT2D eigenvalue weighted by molar-refractivity contribution is -0.127. The molecule has 1 aromatic rings. The Balaban J connectivity index is 2.00. The predicted octanol–water partition coefficient (Wildman–Crippen LogP) is 1.58. The summed E-state index contributed by atoms with van der Waals surface area (Å²) in [5, 5.41) is 3.21. The fourth-order valence-electron chi connectivity index (χ4n) is 2.78. The van der Waals surface area contributed by atoms with Crippen LogP contribution >= 0.6 is 0 Å². The summed E-state index contributed by atoms with van der Waals surface area (Å²) < 4.78 is 5.44. The van der Waals surface area contributed by atoms with Crippen LogP contribution in [0, 0.1) is 5.92 Å². The van der Waals surface area contributed by atoms with Crippen LogP contribution in [0.15, 0.2) is 35.3 Å². The fourth-order valence-corrected chi connectivity index (χ4v) is 2.78. The van der Waals surface area contributed by atoms with E-state index in [0.29, 0.717) is 12.5 Å². The minimum absolute atomic E-state index is 0.0341. The predicted molar refractivity (Wildman–Crippen MR) is 100 cm³/mol. The van der Waals surface area contributed by atoms with Crippen LogP contribution in [0.3, 0.4) is 0 Å². The van der Waals surface area contributed by atoms with Crippen molar-refractivity contribution in [1.82, 2.24) is 15.1 Å². The Kier molecular flexibility index (Phi) is 7.73. The maximum absolute atomic E-state index is 11.9. The number of rotatable bonds is 6. The van der Waals surface area contributed by atoms with Gasteiger partial charge in [-0.05, 0) is 24.3 Å². The van der Waals surface area contributed by atoms with Gasteiger partial charge in [0.1, 0.15) is 0 Å². The van der Waals surface area contributed by atoms with Crippen LogP contribution in [0.25, 0.3) is 0 Å². The van der Waals surface area contributed by atoms with Crippen LogP contribution in [0.5, 0.6) is 0 Å². The van der Waals surface area contributed by atoms with E-state index in [4.69, 9.17) is 9.73 Å². The standard InChI is InChI=1S/C19H30N4O2/c1-22(2)18(24)14-21-19(20-13-16-7-5-4-6-8-16)23(3)15-17-9-11-25-12-10-17/h4-8,17H,9-15H2,1-3H3,(H,20,21). The minimum atomic E-state index is 0.0341. The van der Waals surface area contributed by atoms with Crippen LogP contribution in [0.2, 0.25) is 0 Å². The summed E-state index contributed by atoms with van der Waals surface area (Å²) in [5.74, 6) is 1.41. The van der Waals surface area contributed by atoms with Gasteiger partial charge in [-0.15, -0.1) is 0 Å². The van der Waals surface area contributed by atoms with Gasteiger partial charge in [0.25, 0.3) is 0 Å². The zero-order chi connectivity index (χ0) is 18.1. The number of benzene rings is 1. The second kappa shape index (κ2) is 10.0. The minimum Gasteiger partial charge on any atom is -0.381 e. The van der Waals surface area contributed by atoms with Crippen molar-refractivity contribution in [2.75, 3.05) is 47.4 Å². The summed E-state index contributed by atoms with van der Waals surface area (Å²) in [6, 6.07) is 10.1. The van der Waals surface area contributed by atoms with Crippen LogP contribution in [-0.2, 0) is 16.1 Å². The van der Waals surface area contributed by atoms with E-state index in [0.717, 1.165) is 44.1 Å². The second-order valence-electron chi connectivity index (χ2n) is 6.70. The molecule has 1 aliphatic rings. The quantitative estimate of drug-likeness (QED) is 0.628. The number of aliphatic imine (C=N–C) groups is 1. The average molecular weight is 346 g/mol. The first-order chi connectivity index (χ1) is 12.1. The van der Waals surface area contributed by atoms with Crippen molar-refractivity contribution in [3.8, 4) is 0 Å². The molecule has 0 unspecified atom stereocenters. The highest BCUT2D eigenvalue weighted by Gasteiger charge is 2.18. The zero-order valence-electron chi connectivity index (χ0n) is 15.6. The van der Waals surface area contributed by atoms with Gasteiger partial charge in [-0.2, -0.15) is 0 Å². The van der Waals surface area contributed by atoms with Crippen molar-refractivity contribution in [3.63, 3.8) is 0 Å². The molecule has 6 heteroatoms. The van der Waals surface area contributed by atoms with Crippen molar-refractivity contribution in [3.05, 3.63) is 35.9 Å². The molecule has 138 valence electrons. The molecule has 0 spiro atoms. The number of carbonyl (C=O) groups is 1. The van der Waals surface area contributed by atoms with Crippen LogP contribution in [-0.4, -0.2) is 69.1 Å². The first-order valence-electron chi connectivity index (χ1n) is 8.87. The summed E-state index contributed by atoms with van der Waals surface area (Å²) in [6.45, 7) is 3.43. The van der Waals surface area contributed by atoms with E-state index in [1.807, 2.05) is 25.2 Å². The van der Waals surface area contributed by atoms with E-state index in [9.17, 15) is 4.79 Å². The number of guanidine groups is 1. The zero-order valence-corrected chi connectivity index (χ0v) is 15.6. The lowest BCUT2D eigenvalue weighted by atomic mass is 10.00. The number of amides is 1. The Bertz CT molecular complexity index is 554. The maximum atomic E-state index is 11.9. The normalized spacial score (nSPS) is 15.7. The Hall–Kier alpha value is -2.08. The smallest absolute Gasteiger partial charge is 0.241 e. The van der Waals surface area contributed by atoms with Crippen molar-refractivity contribution < 1.29 is 9.53 Å². The van der Waals surface area contributed by atoms with Gasteiger partial charge in [0, 0.05) is 40.9 Å². The SMILES string of the molecule is CN(C)C(=O)CNC(=NCc1ccccc1)N(C)CC1CCOCC1. The third-order valence-corrected chi connectivity index (χ3v) is 4.39. The maximum Gasteiger partial charge on any atom is 0.241 e. The van der Waals surface area contributed by atoms with E-state index in [1.54, 1.807) is 19.0 Å². The van der Waals surface area contributed by atoms with E-state index in [2.05, 4.69) is 22.3 Å². The molecule has 1 N–H and O–H groups in total. The number of carbonyl (C=O) groups excluding carboxylic acids is 1. The molecule has 0 bridgehead atoms. The van der Waals surface area contributed by atoms with Gasteiger partial charge in [0.15, 0.2) is 5.96 Å². The summed E-state index contributed by atoms with van der Waals surface area (Å²) in [7, 11) is 5.56. The molecule has 6 nitrogen and oxygen atoms in total. The average Bonchev–Trinajstić information content (AvgIpc) is 2.63. The molecule has 0 radical (unpaired) electrons. The molecule has 2 rings (SSSR count). The van der Waals surface area contributed by atoms with Gasteiger partial charge in [0.05, 0.1) is 13.1 Å². The number of hydrogen-bond acceptors (Lipinski definition) is 3. The molecule has 25 heavy (non-hydrogen) atoms. The molecule has 0 saturated carbocycles. The molecular weight excluding hydrogens is 316 g/mol. The molecule has 0 aliphatic carbocycles. The van der Waals surface area contributed by atoms with E-state index < -0.39 is 0 Å². The summed E-state index contributed by atoms with van der Waals surface area (Å²) in [5.41, 5.74) is 1.15. The molecule has 1 amide bonds. The fraction of sp³-hybridized carbons (Fsp3) is 0.579. The molecular formula is C19H30N4O2. The first-order valence-corrected chi connectivity index (χ1v) is 8.87. The Morgan fingerprint density at radius 1 is 1.20 bits per heavy atom. The topological polar surface area (TPSA) is 57.2 Å². The third kappa shape index (κ3) is 6.74. The molecule has 1 aliphatic heterocycles. The number of likely N-dealkylation sites (N-methyl/N-ethyl adjacent to an activating group) is 1. The lowest BCUT2D eigenvalue weighted by Gasteiger charge is -2.29. The molecule has 1 saturated heterocycles. The number of hydrogen-bond donors (Lipinski definition) is 1. The molecule has 1 heterocycles. The van der Waals surface area contributed by atoms with Gasteiger partial charge in [-0.1, -0.05) is 30.3 Å². The Labute approximate surface area is 150 Å². The number of nitrogens with zero attached hydrogens (tertiary/aromatic N) is 3. The monoisotopic (exact) mass is 346 g/mol. The van der Waals surface area contributed by atoms with Gasteiger partial charge in [0.2, 0.25) is 5.91 Å². The van der Waals surface area contributed by atoms with Gasteiger partial charge >= 0.3 is 0 Å². The van der Waals surface area contributed by atoms with Gasteiger partial charge in [-0.3, -0.25) is 4.79 Å². The highest BCUT2D eigenvalue weighted by Crippen LogP contribution is 2.15. The highest BCUT2D eigenvalue weighted by molar-refractivity contribution is 5.86. The highest BCUT2D eigenvalue weighted by atomic mass is 16.5. The molecule has 1 aromatic carbocycles. The number of ether oxygens (including phenoxy) is 1. The van der Waals surface area contributed by atoms with Crippen molar-refractivity contribution in [2.45, 2.75) is 19.4 Å². The summed E-state index contributed by atoms with van der Waals surface area (Å²) in [4.78, 5) is 20.3. The number of nitrogens with one attached hydrogen (secondary N) is 1. The summed E-state index contributed by atoms with van der Waals surface area (Å²) in [6.07, 6.45) is 2.15. The van der Waals surface area contributed by atoms with E-state index in [1.165, 1.54) is 0 Å². The van der Waals surface area contributed by atoms with E-state index in [-0.39, 0.29) is 12.5 Å². The lowest BCUT2D eigenvalue weighted by Crippen LogP contribution is -2.45. The molecule has 0 atom stereocenters. The van der Waals surface area contributed by atoms with Gasteiger partial charge in [-0.25, -0.2) is 4.99 Å². The third-order valence-electron chi connectivity index (χ3n) is 4.39. The summed E-state index contributed by atoms with van der Waals surface area (Å²) >= 11 is 0. The van der Waals surface area contributed by atoms with Crippen molar-refractivity contribution in [1.29, 1.82) is 0 Å². The van der Waals surface area contributed by atoms with Crippen LogP contribution < -0.4 is 5.32 Å². The second-order valence-corrected chi connectivity index (χ2v) is 6.70. The Morgan fingerprint density at radius 2 is 1.88 bits per heavy atom. The van der Waals surface area contributed by atoms with E-state index >= 15 is 0 Å². The van der Waals surface area contributed by atoms with Gasteiger partial charge < -0.3 is 19.9 Å². The molecule has 0 aromatic heterocycles. The Morgan fingerprint density at radius 3 is 2.52 bits per heavy atom.